The van der Waals surface area contributed by atoms with Gasteiger partial charge < -0.3 is 16.8 Å². The smallest absolute Gasteiger partial charge is 0.242 e. The lowest BCUT2D eigenvalue weighted by molar-refractivity contribution is 0.312. The van der Waals surface area contributed by atoms with Crippen LogP contribution in [-0.4, -0.2) is 16.3 Å². The molecule has 0 aliphatic rings. The van der Waals surface area contributed by atoms with E-state index in [1.807, 2.05) is 0 Å². The van der Waals surface area contributed by atoms with Gasteiger partial charge in [-0.1, -0.05) is 0 Å². The highest BCUT2D eigenvalue weighted by molar-refractivity contribution is 5.76. The van der Waals surface area contributed by atoms with E-state index in [0.29, 0.717) is 5.12 Å². The molecule has 0 rings (SSSR count). The van der Waals surface area contributed by atoms with Gasteiger partial charge in [-0.2, -0.15) is 0 Å². The zero-order valence-corrected chi connectivity index (χ0v) is 5.01. The van der Waals surface area contributed by atoms with Gasteiger partial charge in [0.05, 0.1) is 0 Å². The van der Waals surface area contributed by atoms with Crippen molar-refractivity contribution in [1.82, 2.24) is 5.12 Å². The summed E-state index contributed by atoms with van der Waals surface area (Å²) in [6, 6.07) is 0. The Labute approximate surface area is 56.1 Å². The summed E-state index contributed by atoms with van der Waals surface area (Å²) in [6.07, 6.45) is 0. The SMILES string of the molecule is NN=C(N)N(N)N.O=NO. The van der Waals surface area contributed by atoms with Crippen LogP contribution in [0.2, 0.25) is 0 Å². The minimum absolute atomic E-state index is 0.111. The Kier molecular flexibility index (Phi) is 8.29. The van der Waals surface area contributed by atoms with Gasteiger partial charge in [0, 0.05) is 0 Å². The number of nitrogens with zero attached hydrogens (tertiary/aromatic N) is 3. The van der Waals surface area contributed by atoms with Gasteiger partial charge in [-0.15, -0.1) is 10.0 Å². The van der Waals surface area contributed by atoms with E-state index in [4.69, 9.17) is 27.5 Å². The second-order valence-electron chi connectivity index (χ2n) is 0.976. The van der Waals surface area contributed by atoms with E-state index in [9.17, 15) is 0 Å². The van der Waals surface area contributed by atoms with Crippen LogP contribution in [0.3, 0.4) is 0 Å². The van der Waals surface area contributed by atoms with E-state index in [1.165, 1.54) is 5.34 Å². The van der Waals surface area contributed by atoms with Gasteiger partial charge in [-0.25, -0.2) is 16.8 Å². The zero-order chi connectivity index (χ0) is 8.57. The van der Waals surface area contributed by atoms with Crippen LogP contribution in [0, 0.1) is 4.91 Å². The Morgan fingerprint density at radius 1 is 1.50 bits per heavy atom. The van der Waals surface area contributed by atoms with Crippen LogP contribution in [0.25, 0.3) is 0 Å². The molecule has 9 nitrogen and oxygen atoms in total. The standard InChI is InChI=1S/CH8N6.HNO2/c2-1(6-3)7(4)5;2-1-3/h3-5H2,(H2,2,6);(H,2,3). The number of hydrogen-bond donors (Lipinski definition) is 5. The third kappa shape index (κ3) is 9.63. The lowest BCUT2D eigenvalue weighted by Gasteiger charge is -2.06. The Hall–Kier alpha value is -1.61. The number of hydrazine groups is 2. The molecule has 0 unspecified atom stereocenters. The predicted molar refractivity (Wildman–Crippen MR) is 33.6 cm³/mol. The molecule has 10 heavy (non-hydrogen) atoms. The van der Waals surface area contributed by atoms with Crippen molar-refractivity contribution >= 4 is 5.96 Å². The minimum Gasteiger partial charge on any atom is -0.379 e. The Balaban J connectivity index is 0. The van der Waals surface area contributed by atoms with Gasteiger partial charge in [0.2, 0.25) is 5.96 Å². The molecule has 0 aromatic rings. The molecule has 0 atom stereocenters. The molecule has 0 aliphatic carbocycles. The molecule has 9 heteroatoms. The first-order valence-corrected chi connectivity index (χ1v) is 1.89. The first-order valence-electron chi connectivity index (χ1n) is 1.89. The van der Waals surface area contributed by atoms with Gasteiger partial charge in [0.25, 0.3) is 0 Å². The Bertz CT molecular complexity index is 108. The maximum absolute atomic E-state index is 8.11. The maximum Gasteiger partial charge on any atom is 0.242 e. The van der Waals surface area contributed by atoms with Gasteiger partial charge in [-0.05, 0) is 0 Å². The number of rotatable bonds is 0. The number of hydrogen-bond acceptors (Lipinski definition) is 6. The van der Waals surface area contributed by atoms with Crippen LogP contribution in [0.1, 0.15) is 0 Å². The minimum atomic E-state index is -0.111. The van der Waals surface area contributed by atoms with Crippen molar-refractivity contribution in [2.75, 3.05) is 0 Å². The monoisotopic (exact) mass is 151 g/mol. The van der Waals surface area contributed by atoms with Crippen molar-refractivity contribution in [3.05, 3.63) is 4.91 Å². The molecular weight excluding hydrogens is 142 g/mol. The first kappa shape index (κ1) is 11.2. The first-order chi connectivity index (χ1) is 4.59. The van der Waals surface area contributed by atoms with Gasteiger partial charge in [0.15, 0.2) is 5.34 Å². The average molecular weight is 151 g/mol. The molecule has 0 saturated heterocycles. The van der Waals surface area contributed by atoms with E-state index in [2.05, 4.69) is 10.9 Å². The summed E-state index contributed by atoms with van der Waals surface area (Å²) in [5.41, 5.74) is 4.92. The summed E-state index contributed by atoms with van der Waals surface area (Å²) < 4.78 is 0. The second kappa shape index (κ2) is 7.39. The number of hydrazone groups is 1. The third-order valence-corrected chi connectivity index (χ3v) is 0.397. The molecule has 0 radical (unpaired) electrons. The topological polar surface area (TPSA) is 169 Å². The molecule has 0 fully saturated rings. The van der Waals surface area contributed by atoms with E-state index in [-0.39, 0.29) is 5.96 Å². The lowest BCUT2D eigenvalue weighted by atomic mass is 11.0. The van der Waals surface area contributed by atoms with Crippen LogP contribution in [0.15, 0.2) is 10.4 Å². The predicted octanol–water partition coefficient (Wildman–Crippen LogP) is -2.63. The average Bonchev–Trinajstić information content (AvgIpc) is 1.88. The molecule has 0 bridgehead atoms. The molecule has 0 spiro atoms. The van der Waals surface area contributed by atoms with E-state index >= 15 is 0 Å². The van der Waals surface area contributed by atoms with Crippen molar-refractivity contribution in [3.8, 4) is 0 Å². The van der Waals surface area contributed by atoms with E-state index < -0.39 is 0 Å². The van der Waals surface area contributed by atoms with Gasteiger partial charge in [-0.3, -0.25) is 0 Å². The summed E-state index contributed by atoms with van der Waals surface area (Å²) in [6.45, 7) is 0. The lowest BCUT2D eigenvalue weighted by Crippen LogP contribution is -2.48. The third-order valence-electron chi connectivity index (χ3n) is 0.397. The molecule has 0 aromatic heterocycles. The van der Waals surface area contributed by atoms with Crippen LogP contribution >= 0.6 is 0 Å². The fourth-order valence-corrected chi connectivity index (χ4v) is 0.0667. The maximum atomic E-state index is 8.11. The fraction of sp³-hybridized carbons (Fsp3) is 0. The van der Waals surface area contributed by atoms with Gasteiger partial charge in [0.1, 0.15) is 0 Å². The second-order valence-corrected chi connectivity index (χ2v) is 0.976. The summed E-state index contributed by atoms with van der Waals surface area (Å²) in [7, 11) is 0. The molecule has 0 amide bonds. The zero-order valence-electron chi connectivity index (χ0n) is 5.01. The highest BCUT2D eigenvalue weighted by Gasteiger charge is 1.88. The molecule has 0 heterocycles. The number of nitrogens with two attached hydrogens (primary N) is 4. The highest BCUT2D eigenvalue weighted by Crippen LogP contribution is 1.55. The molecule has 0 aromatic carbocycles. The van der Waals surface area contributed by atoms with Crippen molar-refractivity contribution in [2.24, 2.45) is 33.7 Å². The molecule has 0 aliphatic heterocycles. The summed E-state index contributed by atoms with van der Waals surface area (Å²) in [5.74, 6) is 14.2. The summed E-state index contributed by atoms with van der Waals surface area (Å²) in [5, 5.41) is 11.5. The largest absolute Gasteiger partial charge is 0.379 e. The van der Waals surface area contributed by atoms with E-state index in [1.54, 1.807) is 0 Å². The van der Waals surface area contributed by atoms with Crippen LogP contribution < -0.4 is 23.3 Å². The van der Waals surface area contributed by atoms with Crippen molar-refractivity contribution in [1.29, 1.82) is 0 Å². The number of guanidine groups is 1. The van der Waals surface area contributed by atoms with Crippen molar-refractivity contribution < 1.29 is 5.21 Å². The molecular formula is CH9N7O2. The van der Waals surface area contributed by atoms with Crippen LogP contribution in [0.4, 0.5) is 0 Å². The Morgan fingerprint density at radius 3 is 1.80 bits per heavy atom. The normalized spacial score (nSPS) is 9.20. The summed E-state index contributed by atoms with van der Waals surface area (Å²) in [4.78, 5) is 8.11. The molecule has 9 N–H and O–H groups in total. The highest BCUT2D eigenvalue weighted by atomic mass is 16.6. The van der Waals surface area contributed by atoms with Gasteiger partial charge >= 0.3 is 0 Å². The van der Waals surface area contributed by atoms with Crippen molar-refractivity contribution in [2.45, 2.75) is 0 Å². The molecule has 0 saturated carbocycles. The summed E-state index contributed by atoms with van der Waals surface area (Å²) >= 11 is 0. The van der Waals surface area contributed by atoms with Crippen molar-refractivity contribution in [3.63, 3.8) is 0 Å². The fourth-order valence-electron chi connectivity index (χ4n) is 0.0667. The quantitative estimate of drug-likeness (QED) is 0.0828. The molecule has 60 valence electrons. The Morgan fingerprint density at radius 2 is 1.80 bits per heavy atom. The van der Waals surface area contributed by atoms with E-state index in [0.717, 1.165) is 0 Å². The van der Waals surface area contributed by atoms with Crippen LogP contribution in [0.5, 0.6) is 0 Å². The van der Waals surface area contributed by atoms with Crippen LogP contribution in [-0.2, 0) is 0 Å².